The molecule has 2 aromatic carbocycles. The lowest BCUT2D eigenvalue weighted by Gasteiger charge is -2.11. The van der Waals surface area contributed by atoms with Crippen LogP contribution < -0.4 is 4.74 Å². The first-order valence-corrected chi connectivity index (χ1v) is 9.10. The molecule has 0 aliphatic heterocycles. The van der Waals surface area contributed by atoms with Crippen LogP contribution in [-0.2, 0) is 6.61 Å². The fraction of sp³-hybridized carbons (Fsp3) is 0.238. The first kappa shape index (κ1) is 18.7. The second-order valence-electron chi connectivity index (χ2n) is 6.91. The van der Waals surface area contributed by atoms with Crippen LogP contribution in [0.4, 0.5) is 0 Å². The molecule has 2 N–H and O–H groups in total. The number of ketones is 1. The number of aromatic carboxylic acids is 1. The van der Waals surface area contributed by atoms with Gasteiger partial charge in [0.25, 0.3) is 5.89 Å². The van der Waals surface area contributed by atoms with Crippen molar-refractivity contribution in [2.45, 2.75) is 26.4 Å². The number of aromatic hydroxyl groups is 1. The van der Waals surface area contributed by atoms with E-state index >= 15 is 0 Å². The molecule has 8 nitrogen and oxygen atoms in total. The fourth-order valence-electron chi connectivity index (χ4n) is 2.96. The third-order valence-electron chi connectivity index (χ3n) is 4.78. The summed E-state index contributed by atoms with van der Waals surface area (Å²) in [5, 5.41) is 23.3. The van der Waals surface area contributed by atoms with Crippen molar-refractivity contribution in [1.29, 1.82) is 0 Å². The van der Waals surface area contributed by atoms with Gasteiger partial charge in [-0.1, -0.05) is 17.3 Å². The van der Waals surface area contributed by atoms with E-state index in [2.05, 4.69) is 10.1 Å². The number of carbonyl (C=O) groups excluding carboxylic acids is 1. The van der Waals surface area contributed by atoms with Gasteiger partial charge >= 0.3 is 5.97 Å². The monoisotopic (exact) mass is 394 g/mol. The lowest BCUT2D eigenvalue weighted by molar-refractivity contribution is 0.0696. The number of aromatic nitrogens is 2. The van der Waals surface area contributed by atoms with Crippen LogP contribution in [0.5, 0.6) is 11.5 Å². The Hall–Kier alpha value is -3.68. The van der Waals surface area contributed by atoms with Crippen molar-refractivity contribution in [3.8, 4) is 22.9 Å². The molecule has 1 saturated carbocycles. The molecule has 0 spiro atoms. The number of phenols is 1. The Morgan fingerprint density at radius 3 is 2.76 bits per heavy atom. The summed E-state index contributed by atoms with van der Waals surface area (Å²) >= 11 is 0. The quantitative estimate of drug-likeness (QED) is 0.583. The van der Waals surface area contributed by atoms with Gasteiger partial charge in [-0.2, -0.15) is 4.98 Å². The van der Waals surface area contributed by atoms with Crippen LogP contribution >= 0.6 is 0 Å². The van der Waals surface area contributed by atoms with Crippen molar-refractivity contribution < 1.29 is 29.1 Å². The highest BCUT2D eigenvalue weighted by atomic mass is 16.5. The molecule has 1 aliphatic carbocycles. The lowest BCUT2D eigenvalue weighted by atomic mass is 10.0. The number of carbonyl (C=O) groups is 2. The average Bonchev–Trinajstić information content (AvgIpc) is 3.46. The molecular formula is C21H18N2O6. The largest absolute Gasteiger partial charge is 0.507 e. The zero-order valence-corrected chi connectivity index (χ0v) is 15.6. The molecule has 0 amide bonds. The third kappa shape index (κ3) is 3.82. The van der Waals surface area contributed by atoms with E-state index in [1.807, 2.05) is 0 Å². The summed E-state index contributed by atoms with van der Waals surface area (Å²) in [5.41, 5.74) is 1.41. The van der Waals surface area contributed by atoms with Crippen LogP contribution in [0.1, 0.15) is 45.0 Å². The molecule has 1 aromatic heterocycles. The summed E-state index contributed by atoms with van der Waals surface area (Å²) in [6.45, 7) is 1.63. The molecule has 3 aromatic rings. The smallest absolute Gasteiger partial charge is 0.335 e. The topological polar surface area (TPSA) is 123 Å². The molecule has 0 radical (unpaired) electrons. The first-order valence-electron chi connectivity index (χ1n) is 9.10. The van der Waals surface area contributed by atoms with Gasteiger partial charge < -0.3 is 19.5 Å². The van der Waals surface area contributed by atoms with Gasteiger partial charge in [0.15, 0.2) is 12.4 Å². The minimum atomic E-state index is -1.04. The number of carboxylic acid groups (broad SMARTS) is 1. The van der Waals surface area contributed by atoms with E-state index in [9.17, 15) is 14.7 Å². The Morgan fingerprint density at radius 2 is 2.03 bits per heavy atom. The van der Waals surface area contributed by atoms with Crippen LogP contribution in [0.2, 0.25) is 0 Å². The standard InChI is InChI=1S/C21H18N2O6/c1-11-16(8-7-15(18(11)24)19(25)12-5-6-12)28-10-17-22-20(23-29-17)13-3-2-4-14(9-13)21(26)27/h2-4,7-9,12,24H,5-6,10H2,1H3,(H,26,27). The Morgan fingerprint density at radius 1 is 1.24 bits per heavy atom. The number of rotatable bonds is 7. The highest BCUT2D eigenvalue weighted by molar-refractivity contribution is 6.02. The summed E-state index contributed by atoms with van der Waals surface area (Å²) in [7, 11) is 0. The Balaban J connectivity index is 1.47. The molecule has 0 saturated heterocycles. The maximum atomic E-state index is 12.2. The molecule has 1 fully saturated rings. The molecule has 29 heavy (non-hydrogen) atoms. The van der Waals surface area contributed by atoms with E-state index in [0.717, 1.165) is 12.8 Å². The van der Waals surface area contributed by atoms with Crippen molar-refractivity contribution in [3.05, 3.63) is 59.0 Å². The molecule has 8 heteroatoms. The van der Waals surface area contributed by atoms with E-state index in [0.29, 0.717) is 22.4 Å². The molecule has 0 bridgehead atoms. The summed E-state index contributed by atoms with van der Waals surface area (Å²) in [5.74, 6) is -0.295. The van der Waals surface area contributed by atoms with Gasteiger partial charge in [-0.15, -0.1) is 0 Å². The average molecular weight is 394 g/mol. The van der Waals surface area contributed by atoms with Gasteiger partial charge in [0, 0.05) is 17.0 Å². The maximum absolute atomic E-state index is 12.2. The second kappa shape index (κ2) is 7.38. The number of phenolic OH excluding ortho intramolecular Hbond substituents is 1. The van der Waals surface area contributed by atoms with Gasteiger partial charge in [0.2, 0.25) is 5.82 Å². The number of ether oxygens (including phenoxy) is 1. The Bertz CT molecular complexity index is 1100. The van der Waals surface area contributed by atoms with Gasteiger partial charge in [0.05, 0.1) is 11.1 Å². The molecule has 148 valence electrons. The van der Waals surface area contributed by atoms with Crippen molar-refractivity contribution in [2.75, 3.05) is 0 Å². The van der Waals surface area contributed by atoms with Crippen LogP contribution in [0.25, 0.3) is 11.4 Å². The van der Waals surface area contributed by atoms with Crippen molar-refractivity contribution in [3.63, 3.8) is 0 Å². The van der Waals surface area contributed by atoms with Crippen molar-refractivity contribution in [1.82, 2.24) is 10.1 Å². The number of nitrogens with zero attached hydrogens (tertiary/aromatic N) is 2. The molecule has 0 atom stereocenters. The highest BCUT2D eigenvalue weighted by Gasteiger charge is 2.32. The molecule has 1 heterocycles. The summed E-state index contributed by atoms with van der Waals surface area (Å²) in [6, 6.07) is 9.41. The zero-order valence-electron chi connectivity index (χ0n) is 15.6. The number of hydrogen-bond donors (Lipinski definition) is 2. The third-order valence-corrected chi connectivity index (χ3v) is 4.78. The molecule has 0 unspecified atom stereocenters. The van der Waals surface area contributed by atoms with E-state index in [-0.39, 0.29) is 41.3 Å². The van der Waals surface area contributed by atoms with Gasteiger partial charge in [-0.3, -0.25) is 4.79 Å². The van der Waals surface area contributed by atoms with E-state index in [1.165, 1.54) is 12.1 Å². The fourth-order valence-corrected chi connectivity index (χ4v) is 2.96. The summed E-state index contributed by atoms with van der Waals surface area (Å²) in [4.78, 5) is 27.5. The van der Waals surface area contributed by atoms with Crippen LogP contribution in [-0.4, -0.2) is 32.1 Å². The highest BCUT2D eigenvalue weighted by Crippen LogP contribution is 2.38. The van der Waals surface area contributed by atoms with Gasteiger partial charge in [-0.05, 0) is 44.0 Å². The number of carboxylic acids is 1. The summed E-state index contributed by atoms with van der Waals surface area (Å²) in [6.07, 6.45) is 1.73. The van der Waals surface area contributed by atoms with Gasteiger partial charge in [0.1, 0.15) is 11.5 Å². The Kier molecular flexibility index (Phi) is 4.75. The van der Waals surface area contributed by atoms with Crippen LogP contribution in [0.3, 0.4) is 0 Å². The molecular weight excluding hydrogens is 376 g/mol. The van der Waals surface area contributed by atoms with Gasteiger partial charge in [-0.25, -0.2) is 4.79 Å². The predicted octanol–water partition coefficient (Wildman–Crippen LogP) is 3.62. The van der Waals surface area contributed by atoms with E-state index in [4.69, 9.17) is 14.4 Å². The molecule has 4 rings (SSSR count). The number of benzene rings is 2. The number of hydrogen-bond acceptors (Lipinski definition) is 7. The second-order valence-corrected chi connectivity index (χ2v) is 6.91. The summed E-state index contributed by atoms with van der Waals surface area (Å²) < 4.78 is 10.8. The SMILES string of the molecule is Cc1c(OCc2nc(-c3cccc(C(=O)O)c3)no2)ccc(C(=O)C2CC2)c1O. The predicted molar refractivity (Wildman–Crippen MR) is 101 cm³/mol. The normalized spacial score (nSPS) is 13.3. The number of Topliss-reactive ketones (excluding diaryl/α,β-unsaturated/α-hetero) is 1. The lowest BCUT2D eigenvalue weighted by Crippen LogP contribution is -2.04. The Labute approximate surface area is 165 Å². The zero-order chi connectivity index (χ0) is 20.5. The molecule has 1 aliphatic rings. The van der Waals surface area contributed by atoms with Crippen LogP contribution in [0.15, 0.2) is 40.9 Å². The van der Waals surface area contributed by atoms with Crippen LogP contribution in [0, 0.1) is 12.8 Å². The minimum absolute atomic E-state index is 0.0171. The maximum Gasteiger partial charge on any atom is 0.335 e. The van der Waals surface area contributed by atoms with E-state index in [1.54, 1.807) is 31.2 Å². The van der Waals surface area contributed by atoms with Crippen molar-refractivity contribution in [2.24, 2.45) is 5.92 Å². The first-order chi connectivity index (χ1) is 13.9. The van der Waals surface area contributed by atoms with E-state index < -0.39 is 5.97 Å². The minimum Gasteiger partial charge on any atom is -0.507 e. The van der Waals surface area contributed by atoms with Crippen molar-refractivity contribution >= 4 is 11.8 Å².